The second-order valence-corrected chi connectivity index (χ2v) is 12.3. The summed E-state index contributed by atoms with van der Waals surface area (Å²) in [4.78, 5) is 58.2. The van der Waals surface area contributed by atoms with E-state index in [0.29, 0.717) is 66.2 Å². The molecule has 0 saturated carbocycles. The van der Waals surface area contributed by atoms with Gasteiger partial charge < -0.3 is 19.5 Å². The third-order valence-corrected chi connectivity index (χ3v) is 8.15. The van der Waals surface area contributed by atoms with Crippen LogP contribution >= 0.6 is 0 Å². The van der Waals surface area contributed by atoms with Crippen molar-refractivity contribution in [3.8, 4) is 16.8 Å². The van der Waals surface area contributed by atoms with Crippen molar-refractivity contribution in [3.63, 3.8) is 0 Å². The Morgan fingerprint density at radius 1 is 0.978 bits per heavy atom. The first-order valence-electron chi connectivity index (χ1n) is 15.0. The molecule has 1 aliphatic rings. The fourth-order valence-corrected chi connectivity index (χ4v) is 5.53. The molecule has 11 nitrogen and oxygen atoms in total. The fourth-order valence-electron chi connectivity index (χ4n) is 5.53. The Hall–Kier alpha value is -5.42. The van der Waals surface area contributed by atoms with Crippen LogP contribution in [-0.2, 0) is 17.2 Å². The number of morpholine rings is 1. The van der Waals surface area contributed by atoms with Crippen molar-refractivity contribution in [2.24, 2.45) is 7.05 Å². The van der Waals surface area contributed by atoms with Gasteiger partial charge in [-0.25, -0.2) is 4.98 Å². The summed E-state index contributed by atoms with van der Waals surface area (Å²) in [5, 5.41) is 8.70. The molecule has 234 valence electrons. The van der Waals surface area contributed by atoms with E-state index in [1.807, 2.05) is 12.1 Å². The van der Waals surface area contributed by atoms with Crippen LogP contribution in [0, 0.1) is 0 Å². The minimum Gasteiger partial charge on any atom is -0.378 e. The SMILES string of the molecule is Cn1cc(-c2cccc(-n3ncc4cc(C(C)(C)C)ccc4c3=O)c2C=O)cc(Nc2ccc(C(=O)N3CCOCC3)cn2)c1=O. The number of carbonyl (C=O) groups excluding carboxylic acids is 2. The molecule has 0 bridgehead atoms. The molecule has 46 heavy (non-hydrogen) atoms. The number of hydrogen-bond acceptors (Lipinski definition) is 8. The molecule has 2 aromatic carbocycles. The lowest BCUT2D eigenvalue weighted by Gasteiger charge is -2.26. The first-order valence-corrected chi connectivity index (χ1v) is 15.0. The van der Waals surface area contributed by atoms with Crippen LogP contribution in [0.3, 0.4) is 0 Å². The maximum atomic E-state index is 13.6. The van der Waals surface area contributed by atoms with Crippen LogP contribution in [0.1, 0.15) is 47.1 Å². The molecule has 1 aliphatic heterocycles. The second kappa shape index (κ2) is 12.2. The zero-order valence-electron chi connectivity index (χ0n) is 26.1. The fraction of sp³-hybridized carbons (Fsp3) is 0.257. The van der Waals surface area contributed by atoms with Gasteiger partial charge in [-0.1, -0.05) is 39.0 Å². The highest BCUT2D eigenvalue weighted by atomic mass is 16.5. The summed E-state index contributed by atoms with van der Waals surface area (Å²) in [6.45, 7) is 8.36. The number of nitrogens with one attached hydrogen (secondary N) is 1. The van der Waals surface area contributed by atoms with Crippen LogP contribution < -0.4 is 16.4 Å². The normalized spacial score (nSPS) is 13.5. The van der Waals surface area contributed by atoms with E-state index >= 15 is 0 Å². The maximum Gasteiger partial charge on any atom is 0.279 e. The van der Waals surface area contributed by atoms with Gasteiger partial charge in [0.05, 0.1) is 36.0 Å². The third-order valence-electron chi connectivity index (χ3n) is 8.15. The quantitative estimate of drug-likeness (QED) is 0.276. The summed E-state index contributed by atoms with van der Waals surface area (Å²) in [6, 6.07) is 15.8. The molecule has 3 aromatic heterocycles. The number of benzene rings is 2. The van der Waals surface area contributed by atoms with Crippen LogP contribution in [0.4, 0.5) is 11.5 Å². The Balaban J connectivity index is 1.34. The van der Waals surface area contributed by atoms with E-state index in [1.54, 1.807) is 66.8 Å². The summed E-state index contributed by atoms with van der Waals surface area (Å²) >= 11 is 0. The lowest BCUT2D eigenvalue weighted by Crippen LogP contribution is -2.40. The van der Waals surface area contributed by atoms with Gasteiger partial charge in [-0.3, -0.25) is 19.2 Å². The number of pyridine rings is 2. The highest BCUT2D eigenvalue weighted by Crippen LogP contribution is 2.29. The number of aromatic nitrogens is 4. The molecule has 1 amide bonds. The number of hydrogen-bond donors (Lipinski definition) is 1. The summed E-state index contributed by atoms with van der Waals surface area (Å²) in [5.74, 6) is 0.245. The van der Waals surface area contributed by atoms with Crippen LogP contribution in [0.15, 0.2) is 82.8 Å². The van der Waals surface area contributed by atoms with Gasteiger partial charge in [0.15, 0.2) is 6.29 Å². The van der Waals surface area contributed by atoms with Crippen LogP contribution in [0.25, 0.3) is 27.6 Å². The largest absolute Gasteiger partial charge is 0.378 e. The predicted molar refractivity (Wildman–Crippen MR) is 176 cm³/mol. The Labute approximate surface area is 265 Å². The number of aryl methyl sites for hydroxylation is 1. The zero-order valence-corrected chi connectivity index (χ0v) is 26.1. The summed E-state index contributed by atoms with van der Waals surface area (Å²) in [7, 11) is 1.61. The van der Waals surface area contributed by atoms with Crippen molar-refractivity contribution in [2.45, 2.75) is 26.2 Å². The molecule has 0 aliphatic carbocycles. The van der Waals surface area contributed by atoms with Gasteiger partial charge in [-0.15, -0.1) is 0 Å². The van der Waals surface area contributed by atoms with Crippen molar-refractivity contribution < 1.29 is 14.3 Å². The molecule has 0 radical (unpaired) electrons. The predicted octanol–water partition coefficient (Wildman–Crippen LogP) is 4.47. The maximum absolute atomic E-state index is 13.6. The zero-order chi connectivity index (χ0) is 32.6. The number of carbonyl (C=O) groups is 2. The van der Waals surface area contributed by atoms with Crippen molar-refractivity contribution >= 4 is 34.5 Å². The van der Waals surface area contributed by atoms with Gasteiger partial charge >= 0.3 is 0 Å². The number of aldehydes is 1. The van der Waals surface area contributed by atoms with E-state index in [1.165, 1.54) is 15.4 Å². The van der Waals surface area contributed by atoms with Gasteiger partial charge in [0.25, 0.3) is 17.0 Å². The average Bonchev–Trinajstić information content (AvgIpc) is 3.06. The Kier molecular flexibility index (Phi) is 8.09. The smallest absolute Gasteiger partial charge is 0.279 e. The van der Waals surface area contributed by atoms with Gasteiger partial charge in [-0.2, -0.15) is 9.78 Å². The minimum absolute atomic E-state index is 0.0901. The first-order chi connectivity index (χ1) is 22.0. The molecule has 6 rings (SSSR count). The summed E-state index contributed by atoms with van der Waals surface area (Å²) in [6.07, 6.45) is 5.42. The van der Waals surface area contributed by atoms with Crippen molar-refractivity contribution in [1.29, 1.82) is 0 Å². The van der Waals surface area contributed by atoms with E-state index in [2.05, 4.69) is 36.2 Å². The number of amides is 1. The lowest BCUT2D eigenvalue weighted by molar-refractivity contribution is 0.0302. The average molecular weight is 619 g/mol. The second-order valence-electron chi connectivity index (χ2n) is 12.3. The molecule has 0 unspecified atom stereocenters. The molecular formula is C35H34N6O5. The molecular weight excluding hydrogens is 584 g/mol. The highest BCUT2D eigenvalue weighted by Gasteiger charge is 2.20. The molecule has 1 saturated heterocycles. The van der Waals surface area contributed by atoms with Gasteiger partial charge in [-0.05, 0) is 52.9 Å². The number of nitrogens with zero attached hydrogens (tertiary/aromatic N) is 5. The molecule has 0 atom stereocenters. The van der Waals surface area contributed by atoms with Gasteiger partial charge in [0.1, 0.15) is 11.5 Å². The standard InChI is InChI=1S/C35H34N6O5/c1-35(2,3)25-9-10-27-23(16-25)19-37-41(33(27)44)30-7-5-6-26(28(30)21-42)24-17-29(34(45)39(4)20-24)38-31-11-8-22(18-36-31)32(43)40-12-14-46-15-13-40/h5-11,16-21H,12-15H2,1-4H3,(H,36,38). The van der Waals surface area contributed by atoms with E-state index in [-0.39, 0.29) is 33.7 Å². The van der Waals surface area contributed by atoms with E-state index in [4.69, 9.17) is 4.74 Å². The summed E-state index contributed by atoms with van der Waals surface area (Å²) in [5.41, 5.74) is 2.65. The number of anilines is 2. The van der Waals surface area contributed by atoms with Crippen LogP contribution in [-0.4, -0.2) is 62.7 Å². The van der Waals surface area contributed by atoms with Crippen molar-refractivity contribution in [1.82, 2.24) is 24.2 Å². The number of fused-ring (bicyclic) bond motifs is 1. The molecule has 11 heteroatoms. The van der Waals surface area contributed by atoms with Crippen LogP contribution in [0.5, 0.6) is 0 Å². The molecule has 5 aromatic rings. The first kappa shape index (κ1) is 30.6. The number of ether oxygens (including phenoxy) is 1. The van der Waals surface area contributed by atoms with Crippen molar-refractivity contribution in [2.75, 3.05) is 31.6 Å². The molecule has 1 fully saturated rings. The van der Waals surface area contributed by atoms with Gasteiger partial charge in [0, 0.05) is 49.0 Å². The molecule has 4 heterocycles. The molecule has 0 spiro atoms. The van der Waals surface area contributed by atoms with Crippen LogP contribution in [0.2, 0.25) is 0 Å². The molecule has 1 N–H and O–H groups in total. The lowest BCUT2D eigenvalue weighted by atomic mass is 9.86. The third kappa shape index (κ3) is 5.84. The Morgan fingerprint density at radius 2 is 1.76 bits per heavy atom. The Morgan fingerprint density at radius 3 is 2.46 bits per heavy atom. The van der Waals surface area contributed by atoms with Gasteiger partial charge in [0.2, 0.25) is 0 Å². The minimum atomic E-state index is -0.345. The van der Waals surface area contributed by atoms with E-state index in [0.717, 1.165) is 10.9 Å². The topological polar surface area (TPSA) is 128 Å². The number of rotatable bonds is 6. The van der Waals surface area contributed by atoms with Crippen molar-refractivity contribution in [3.05, 3.63) is 111 Å². The Bertz CT molecular complexity index is 2090. The highest BCUT2D eigenvalue weighted by molar-refractivity contribution is 5.94. The summed E-state index contributed by atoms with van der Waals surface area (Å²) < 4.78 is 7.96. The van der Waals surface area contributed by atoms with E-state index < -0.39 is 0 Å². The van der Waals surface area contributed by atoms with E-state index in [9.17, 15) is 19.2 Å². The monoisotopic (exact) mass is 618 g/mol.